The number of hydrogen-bond acceptors (Lipinski definition) is 2. The standard InChI is InChI=1S/C11H22O2/c1-6-9(4)10(5)11(12-7-2)13-8-3/h9,11H,5-8H2,1-4H3/t9-/m0/s1. The van der Waals surface area contributed by atoms with Crippen LogP contribution in [0.3, 0.4) is 0 Å². The molecule has 0 heterocycles. The first-order valence-electron chi connectivity index (χ1n) is 5.09. The molecule has 0 fully saturated rings. The summed E-state index contributed by atoms with van der Waals surface area (Å²) < 4.78 is 10.9. The highest BCUT2D eigenvalue weighted by atomic mass is 16.7. The van der Waals surface area contributed by atoms with Gasteiger partial charge in [0.25, 0.3) is 0 Å². The van der Waals surface area contributed by atoms with Crippen molar-refractivity contribution >= 4 is 0 Å². The van der Waals surface area contributed by atoms with Gasteiger partial charge in [0.05, 0.1) is 0 Å². The van der Waals surface area contributed by atoms with E-state index in [0.717, 1.165) is 12.0 Å². The molecule has 0 aromatic rings. The Morgan fingerprint density at radius 1 is 1.15 bits per heavy atom. The first kappa shape index (κ1) is 12.7. The molecule has 0 aliphatic heterocycles. The summed E-state index contributed by atoms with van der Waals surface area (Å²) in [6, 6.07) is 0. The molecule has 13 heavy (non-hydrogen) atoms. The van der Waals surface area contributed by atoms with Crippen molar-refractivity contribution in [3.63, 3.8) is 0 Å². The van der Waals surface area contributed by atoms with Crippen LogP contribution in [0.2, 0.25) is 0 Å². The maximum absolute atomic E-state index is 5.45. The van der Waals surface area contributed by atoms with Crippen LogP contribution in [0.25, 0.3) is 0 Å². The minimum Gasteiger partial charge on any atom is -0.349 e. The molecule has 0 aromatic carbocycles. The zero-order chi connectivity index (χ0) is 10.3. The zero-order valence-corrected chi connectivity index (χ0v) is 9.30. The second-order valence-electron chi connectivity index (χ2n) is 3.13. The molecule has 2 nitrogen and oxygen atoms in total. The van der Waals surface area contributed by atoms with Gasteiger partial charge in [0.1, 0.15) is 0 Å². The third-order valence-corrected chi connectivity index (χ3v) is 2.18. The molecule has 0 spiro atoms. The van der Waals surface area contributed by atoms with Crippen LogP contribution in [0.5, 0.6) is 0 Å². The van der Waals surface area contributed by atoms with Crippen molar-refractivity contribution in [2.75, 3.05) is 13.2 Å². The molecule has 0 saturated carbocycles. The molecule has 0 unspecified atom stereocenters. The summed E-state index contributed by atoms with van der Waals surface area (Å²) in [7, 11) is 0. The maximum atomic E-state index is 5.45. The zero-order valence-electron chi connectivity index (χ0n) is 9.30. The summed E-state index contributed by atoms with van der Waals surface area (Å²) in [5, 5.41) is 0. The quantitative estimate of drug-likeness (QED) is 0.449. The van der Waals surface area contributed by atoms with E-state index in [2.05, 4.69) is 20.4 Å². The largest absolute Gasteiger partial charge is 0.349 e. The van der Waals surface area contributed by atoms with E-state index < -0.39 is 0 Å². The Balaban J connectivity index is 4.09. The van der Waals surface area contributed by atoms with E-state index in [9.17, 15) is 0 Å². The van der Waals surface area contributed by atoms with E-state index in [0.29, 0.717) is 19.1 Å². The van der Waals surface area contributed by atoms with Gasteiger partial charge in [0, 0.05) is 13.2 Å². The third kappa shape index (κ3) is 4.44. The van der Waals surface area contributed by atoms with E-state index in [1.54, 1.807) is 0 Å². The van der Waals surface area contributed by atoms with Gasteiger partial charge in [-0.2, -0.15) is 0 Å². The lowest BCUT2D eigenvalue weighted by Crippen LogP contribution is -2.22. The third-order valence-electron chi connectivity index (χ3n) is 2.18. The molecule has 1 atom stereocenters. The van der Waals surface area contributed by atoms with Gasteiger partial charge in [-0.3, -0.25) is 0 Å². The van der Waals surface area contributed by atoms with Crippen molar-refractivity contribution in [2.24, 2.45) is 5.92 Å². The van der Waals surface area contributed by atoms with Crippen LogP contribution < -0.4 is 0 Å². The minimum absolute atomic E-state index is 0.218. The predicted molar refractivity (Wildman–Crippen MR) is 55.6 cm³/mol. The molecule has 78 valence electrons. The highest BCUT2D eigenvalue weighted by Crippen LogP contribution is 2.19. The van der Waals surface area contributed by atoms with Crippen molar-refractivity contribution < 1.29 is 9.47 Å². The minimum atomic E-state index is -0.218. The van der Waals surface area contributed by atoms with Crippen molar-refractivity contribution in [1.29, 1.82) is 0 Å². The summed E-state index contributed by atoms with van der Waals surface area (Å²) in [5.41, 5.74) is 1.05. The molecule has 0 aliphatic rings. The fourth-order valence-electron chi connectivity index (χ4n) is 1.06. The van der Waals surface area contributed by atoms with Crippen LogP contribution in [0.15, 0.2) is 12.2 Å². The molecular weight excluding hydrogens is 164 g/mol. The van der Waals surface area contributed by atoms with Gasteiger partial charge in [-0.1, -0.05) is 20.4 Å². The van der Waals surface area contributed by atoms with Gasteiger partial charge in [-0.25, -0.2) is 0 Å². The lowest BCUT2D eigenvalue weighted by molar-refractivity contribution is -0.115. The van der Waals surface area contributed by atoms with E-state index >= 15 is 0 Å². The lowest BCUT2D eigenvalue weighted by Gasteiger charge is -2.23. The first-order chi connectivity index (χ1) is 6.17. The molecule has 0 rings (SSSR count). The molecule has 2 heteroatoms. The van der Waals surface area contributed by atoms with Crippen LogP contribution in [0.4, 0.5) is 0 Å². The SMILES string of the molecule is C=C(C(OCC)OCC)[C@@H](C)CC. The first-order valence-corrected chi connectivity index (χ1v) is 5.09. The molecule has 0 amide bonds. The second kappa shape index (κ2) is 7.10. The van der Waals surface area contributed by atoms with Gasteiger partial charge >= 0.3 is 0 Å². The van der Waals surface area contributed by atoms with E-state index in [-0.39, 0.29) is 6.29 Å². The predicted octanol–water partition coefficient (Wildman–Crippen LogP) is 2.99. The Morgan fingerprint density at radius 3 is 1.92 bits per heavy atom. The molecule has 0 aliphatic carbocycles. The smallest absolute Gasteiger partial charge is 0.179 e. The fourth-order valence-corrected chi connectivity index (χ4v) is 1.06. The van der Waals surface area contributed by atoms with Gasteiger partial charge < -0.3 is 9.47 Å². The van der Waals surface area contributed by atoms with Crippen molar-refractivity contribution in [1.82, 2.24) is 0 Å². The second-order valence-corrected chi connectivity index (χ2v) is 3.13. The Hall–Kier alpha value is -0.340. The molecule has 0 bridgehead atoms. The topological polar surface area (TPSA) is 18.5 Å². The Bertz CT molecular complexity index is 137. The summed E-state index contributed by atoms with van der Waals surface area (Å²) in [4.78, 5) is 0. The van der Waals surface area contributed by atoms with Gasteiger partial charge in [0.2, 0.25) is 0 Å². The monoisotopic (exact) mass is 186 g/mol. The Morgan fingerprint density at radius 2 is 1.62 bits per heavy atom. The molecule has 0 aromatic heterocycles. The summed E-state index contributed by atoms with van der Waals surface area (Å²) in [5.74, 6) is 0.461. The van der Waals surface area contributed by atoms with E-state index in [1.165, 1.54) is 0 Å². The maximum Gasteiger partial charge on any atom is 0.179 e. The van der Waals surface area contributed by atoms with Crippen LogP contribution in [-0.2, 0) is 9.47 Å². The average Bonchev–Trinajstić information content (AvgIpc) is 2.15. The Labute approximate surface area is 81.9 Å². The Kier molecular flexibility index (Phi) is 6.92. The van der Waals surface area contributed by atoms with Crippen molar-refractivity contribution in [3.05, 3.63) is 12.2 Å². The van der Waals surface area contributed by atoms with Gasteiger partial charge in [-0.15, -0.1) is 0 Å². The molecule has 0 N–H and O–H groups in total. The fraction of sp³-hybridized carbons (Fsp3) is 0.818. The van der Waals surface area contributed by atoms with Crippen LogP contribution in [-0.4, -0.2) is 19.5 Å². The summed E-state index contributed by atoms with van der Waals surface area (Å²) in [6.07, 6.45) is 0.861. The number of hydrogen-bond donors (Lipinski definition) is 0. The average molecular weight is 186 g/mol. The lowest BCUT2D eigenvalue weighted by atomic mass is 10.00. The van der Waals surface area contributed by atoms with Crippen molar-refractivity contribution in [3.8, 4) is 0 Å². The summed E-state index contributed by atoms with van der Waals surface area (Å²) >= 11 is 0. The number of rotatable bonds is 7. The normalized spacial score (nSPS) is 13.3. The number of ether oxygens (including phenoxy) is 2. The highest BCUT2D eigenvalue weighted by Gasteiger charge is 2.16. The van der Waals surface area contributed by atoms with E-state index in [4.69, 9.17) is 9.47 Å². The summed E-state index contributed by atoms with van der Waals surface area (Å²) in [6.45, 7) is 13.6. The van der Waals surface area contributed by atoms with Crippen LogP contribution in [0.1, 0.15) is 34.1 Å². The highest BCUT2D eigenvalue weighted by molar-refractivity contribution is 5.02. The van der Waals surface area contributed by atoms with E-state index in [1.807, 2.05) is 13.8 Å². The molecular formula is C11H22O2. The van der Waals surface area contributed by atoms with Gasteiger partial charge in [-0.05, 0) is 31.8 Å². The van der Waals surface area contributed by atoms with Crippen LogP contribution >= 0.6 is 0 Å². The van der Waals surface area contributed by atoms with Crippen molar-refractivity contribution in [2.45, 2.75) is 40.4 Å². The molecule has 0 radical (unpaired) electrons. The molecule has 0 saturated heterocycles. The van der Waals surface area contributed by atoms with Crippen LogP contribution in [0, 0.1) is 5.92 Å². The van der Waals surface area contributed by atoms with Gasteiger partial charge in [0.15, 0.2) is 6.29 Å².